The van der Waals surface area contributed by atoms with Gasteiger partial charge in [-0.2, -0.15) is 0 Å². The van der Waals surface area contributed by atoms with Crippen molar-refractivity contribution < 1.29 is 15.0 Å². The van der Waals surface area contributed by atoms with Crippen molar-refractivity contribution in [3.05, 3.63) is 35.4 Å². The average Bonchev–Trinajstić information content (AvgIpc) is 2.70. The number of aliphatic hydroxyl groups is 2. The topological polar surface area (TPSA) is 86.8 Å². The van der Waals surface area contributed by atoms with Gasteiger partial charge in [0.15, 0.2) is 0 Å². The number of β-amino-alcohol motifs (C(OH)–C–C–N with tert-alkyl or cyclic N) is 2. The number of hydrogen-bond donors (Lipinski definition) is 3. The smallest absolute Gasteiger partial charge is 0.254 e. The maximum absolute atomic E-state index is 12.3. The minimum absolute atomic E-state index is 0.158. The highest BCUT2D eigenvalue weighted by Crippen LogP contribution is 2.17. The number of carbonyl (C=O) groups is 1. The summed E-state index contributed by atoms with van der Waals surface area (Å²) < 4.78 is 0. The third-order valence-electron chi connectivity index (χ3n) is 3.21. The van der Waals surface area contributed by atoms with Gasteiger partial charge in [-0.3, -0.25) is 4.79 Å². The molecule has 98 valence electrons. The summed E-state index contributed by atoms with van der Waals surface area (Å²) in [5.41, 5.74) is 7.03. The average molecular weight is 250 g/mol. The van der Waals surface area contributed by atoms with E-state index in [1.807, 2.05) is 12.1 Å². The highest BCUT2D eigenvalue weighted by molar-refractivity contribution is 5.96. The Morgan fingerprint density at radius 2 is 1.89 bits per heavy atom. The third-order valence-corrected chi connectivity index (χ3v) is 3.21. The van der Waals surface area contributed by atoms with Gasteiger partial charge in [0, 0.05) is 18.7 Å². The molecule has 0 saturated carbocycles. The molecule has 0 unspecified atom stereocenters. The summed E-state index contributed by atoms with van der Waals surface area (Å²) in [6.07, 6.45) is -1.06. The summed E-state index contributed by atoms with van der Waals surface area (Å²) in [4.78, 5) is 13.8. The number of amides is 1. The predicted molar refractivity (Wildman–Crippen MR) is 67.1 cm³/mol. The molecule has 0 spiro atoms. The SMILES string of the molecule is NCCc1ccccc1C(=O)N1C[C@@H](O)[C@@H](O)C1. The van der Waals surface area contributed by atoms with Crippen LogP contribution in [0, 0.1) is 0 Å². The van der Waals surface area contributed by atoms with E-state index >= 15 is 0 Å². The predicted octanol–water partition coefficient (Wildman–Crippen LogP) is -0.635. The van der Waals surface area contributed by atoms with Crippen molar-refractivity contribution in [3.8, 4) is 0 Å². The first kappa shape index (κ1) is 13.0. The van der Waals surface area contributed by atoms with Crippen LogP contribution in [0.1, 0.15) is 15.9 Å². The molecule has 0 aromatic heterocycles. The van der Waals surface area contributed by atoms with Crippen molar-refractivity contribution in [2.24, 2.45) is 5.73 Å². The van der Waals surface area contributed by atoms with E-state index in [4.69, 9.17) is 5.73 Å². The number of carbonyl (C=O) groups excluding carboxylic acids is 1. The zero-order valence-corrected chi connectivity index (χ0v) is 10.1. The highest BCUT2D eigenvalue weighted by Gasteiger charge is 2.33. The van der Waals surface area contributed by atoms with Crippen LogP contribution in [0.15, 0.2) is 24.3 Å². The quantitative estimate of drug-likeness (QED) is 0.666. The molecule has 2 atom stereocenters. The zero-order chi connectivity index (χ0) is 13.1. The van der Waals surface area contributed by atoms with Gasteiger partial charge in [-0.1, -0.05) is 18.2 Å². The van der Waals surface area contributed by atoms with Crippen LogP contribution in [0.5, 0.6) is 0 Å². The van der Waals surface area contributed by atoms with E-state index in [-0.39, 0.29) is 19.0 Å². The van der Waals surface area contributed by atoms with E-state index in [1.165, 1.54) is 4.90 Å². The van der Waals surface area contributed by atoms with Crippen LogP contribution in [0.2, 0.25) is 0 Å². The summed E-state index contributed by atoms with van der Waals surface area (Å²) in [5, 5.41) is 18.9. The Balaban J connectivity index is 2.19. The largest absolute Gasteiger partial charge is 0.388 e. The molecule has 1 aliphatic rings. The fourth-order valence-corrected chi connectivity index (χ4v) is 2.21. The van der Waals surface area contributed by atoms with Crippen LogP contribution in [0.4, 0.5) is 0 Å². The molecule has 0 radical (unpaired) electrons. The first-order valence-electron chi connectivity index (χ1n) is 6.07. The zero-order valence-electron chi connectivity index (χ0n) is 10.1. The Morgan fingerprint density at radius 1 is 1.28 bits per heavy atom. The van der Waals surface area contributed by atoms with Gasteiger partial charge in [0.25, 0.3) is 5.91 Å². The summed E-state index contributed by atoms with van der Waals surface area (Å²) in [6, 6.07) is 7.30. The van der Waals surface area contributed by atoms with Gasteiger partial charge >= 0.3 is 0 Å². The molecule has 0 aliphatic carbocycles. The van der Waals surface area contributed by atoms with E-state index < -0.39 is 12.2 Å². The molecule has 18 heavy (non-hydrogen) atoms. The first-order valence-corrected chi connectivity index (χ1v) is 6.07. The van der Waals surface area contributed by atoms with E-state index in [1.54, 1.807) is 12.1 Å². The van der Waals surface area contributed by atoms with Gasteiger partial charge in [0.1, 0.15) is 0 Å². The molecule has 1 aliphatic heterocycles. The molecule has 2 rings (SSSR count). The van der Waals surface area contributed by atoms with Gasteiger partial charge < -0.3 is 20.8 Å². The molecular weight excluding hydrogens is 232 g/mol. The van der Waals surface area contributed by atoms with Gasteiger partial charge in [-0.15, -0.1) is 0 Å². The number of nitrogens with zero attached hydrogens (tertiary/aromatic N) is 1. The first-order chi connectivity index (χ1) is 8.63. The molecule has 5 nitrogen and oxygen atoms in total. The van der Waals surface area contributed by atoms with Crippen LogP contribution in [-0.4, -0.2) is 52.9 Å². The maximum Gasteiger partial charge on any atom is 0.254 e. The number of nitrogens with two attached hydrogens (primary N) is 1. The second-order valence-corrected chi connectivity index (χ2v) is 4.54. The fraction of sp³-hybridized carbons (Fsp3) is 0.462. The monoisotopic (exact) mass is 250 g/mol. The van der Waals surface area contributed by atoms with Crippen LogP contribution in [0.25, 0.3) is 0 Å². The number of likely N-dealkylation sites (tertiary alicyclic amines) is 1. The van der Waals surface area contributed by atoms with Gasteiger partial charge in [-0.25, -0.2) is 0 Å². The lowest BCUT2D eigenvalue weighted by atomic mass is 10.0. The van der Waals surface area contributed by atoms with E-state index in [0.29, 0.717) is 18.5 Å². The van der Waals surface area contributed by atoms with E-state index in [2.05, 4.69) is 0 Å². The Bertz CT molecular complexity index is 426. The van der Waals surface area contributed by atoms with Crippen molar-refractivity contribution in [2.45, 2.75) is 18.6 Å². The standard InChI is InChI=1S/C13H18N2O3/c14-6-5-9-3-1-2-4-10(9)13(18)15-7-11(16)12(17)8-15/h1-4,11-12,16-17H,5-8,14H2/t11-,12+. The van der Waals surface area contributed by atoms with E-state index in [0.717, 1.165) is 5.56 Å². The summed E-state index contributed by atoms with van der Waals surface area (Å²) in [5.74, 6) is -0.158. The normalized spacial score (nSPS) is 23.4. The molecule has 1 amide bonds. The number of hydrogen-bond acceptors (Lipinski definition) is 4. The summed E-state index contributed by atoms with van der Waals surface area (Å²) in [6.45, 7) is 0.837. The second kappa shape index (κ2) is 5.48. The minimum atomic E-state index is -0.851. The highest BCUT2D eigenvalue weighted by atomic mass is 16.3. The molecular formula is C13H18N2O3. The molecule has 1 saturated heterocycles. The number of benzene rings is 1. The molecule has 1 aromatic carbocycles. The number of rotatable bonds is 3. The van der Waals surface area contributed by atoms with Crippen LogP contribution in [-0.2, 0) is 6.42 Å². The molecule has 4 N–H and O–H groups in total. The Kier molecular flexibility index (Phi) is 3.96. The lowest BCUT2D eigenvalue weighted by Gasteiger charge is -2.17. The fourth-order valence-electron chi connectivity index (χ4n) is 2.21. The van der Waals surface area contributed by atoms with Crippen LogP contribution in [0.3, 0.4) is 0 Å². The van der Waals surface area contributed by atoms with Crippen molar-refractivity contribution in [1.29, 1.82) is 0 Å². The molecule has 1 aromatic rings. The molecule has 0 bridgehead atoms. The minimum Gasteiger partial charge on any atom is -0.388 e. The summed E-state index contributed by atoms with van der Waals surface area (Å²) >= 11 is 0. The van der Waals surface area contributed by atoms with Crippen molar-refractivity contribution in [1.82, 2.24) is 4.90 Å². The van der Waals surface area contributed by atoms with Gasteiger partial charge in [0.2, 0.25) is 0 Å². The lowest BCUT2D eigenvalue weighted by Crippen LogP contribution is -2.30. The third kappa shape index (κ3) is 2.53. The van der Waals surface area contributed by atoms with Crippen molar-refractivity contribution >= 4 is 5.91 Å². The molecule has 1 fully saturated rings. The molecule has 5 heteroatoms. The Hall–Kier alpha value is -1.43. The van der Waals surface area contributed by atoms with Crippen LogP contribution >= 0.6 is 0 Å². The Morgan fingerprint density at radius 3 is 2.50 bits per heavy atom. The van der Waals surface area contributed by atoms with Gasteiger partial charge in [-0.05, 0) is 24.6 Å². The second-order valence-electron chi connectivity index (χ2n) is 4.54. The van der Waals surface area contributed by atoms with Gasteiger partial charge in [0.05, 0.1) is 12.2 Å². The maximum atomic E-state index is 12.3. The summed E-state index contributed by atoms with van der Waals surface area (Å²) in [7, 11) is 0. The number of aliphatic hydroxyl groups excluding tert-OH is 2. The lowest BCUT2D eigenvalue weighted by molar-refractivity contribution is 0.0572. The molecule has 1 heterocycles. The Labute approximate surface area is 106 Å². The van der Waals surface area contributed by atoms with Crippen molar-refractivity contribution in [2.75, 3.05) is 19.6 Å². The van der Waals surface area contributed by atoms with E-state index in [9.17, 15) is 15.0 Å². The van der Waals surface area contributed by atoms with Crippen LogP contribution < -0.4 is 5.73 Å². The van der Waals surface area contributed by atoms with Crippen molar-refractivity contribution in [3.63, 3.8) is 0 Å².